The zero-order valence-electron chi connectivity index (χ0n) is 11.5. The van der Waals surface area contributed by atoms with Gasteiger partial charge in [0.1, 0.15) is 5.75 Å². The summed E-state index contributed by atoms with van der Waals surface area (Å²) in [6.07, 6.45) is 9.06. The lowest BCUT2D eigenvalue weighted by Crippen LogP contribution is -2.06. The third-order valence-corrected chi connectivity index (χ3v) is 3.42. The van der Waals surface area contributed by atoms with Gasteiger partial charge in [-0.2, -0.15) is 0 Å². The quantitative estimate of drug-likeness (QED) is 0.726. The van der Waals surface area contributed by atoms with Crippen molar-refractivity contribution in [3.05, 3.63) is 53.6 Å². The maximum atomic E-state index is 5.52. The molecule has 0 radical (unpaired) electrons. The van der Waals surface area contributed by atoms with Gasteiger partial charge in [0.05, 0.1) is 7.11 Å². The van der Waals surface area contributed by atoms with E-state index in [1.165, 1.54) is 11.1 Å². The van der Waals surface area contributed by atoms with Crippen molar-refractivity contribution < 1.29 is 4.74 Å². The third-order valence-electron chi connectivity index (χ3n) is 3.42. The molecule has 1 heteroatoms. The second-order valence-electron chi connectivity index (χ2n) is 5.27. The highest BCUT2D eigenvalue weighted by Gasteiger charge is 2.20. The smallest absolute Gasteiger partial charge is 0.122 e. The molecule has 0 aromatic heterocycles. The average molecular weight is 242 g/mol. The summed E-state index contributed by atoms with van der Waals surface area (Å²) in [5, 5.41) is 0. The molecule has 0 amide bonds. The Morgan fingerprint density at radius 3 is 2.61 bits per heavy atom. The second-order valence-corrected chi connectivity index (χ2v) is 5.27. The van der Waals surface area contributed by atoms with E-state index < -0.39 is 0 Å². The lowest BCUT2D eigenvalue weighted by atomic mass is 9.84. The molecule has 0 aliphatic heterocycles. The number of allylic oxidation sites excluding steroid dienone is 4. The van der Waals surface area contributed by atoms with E-state index in [9.17, 15) is 0 Å². The van der Waals surface area contributed by atoms with Crippen molar-refractivity contribution in [2.75, 3.05) is 7.11 Å². The Balaban J connectivity index is 2.36. The van der Waals surface area contributed by atoms with Crippen molar-refractivity contribution in [3.8, 4) is 5.75 Å². The summed E-state index contributed by atoms with van der Waals surface area (Å²) in [5.41, 5.74) is 2.75. The van der Waals surface area contributed by atoms with E-state index in [0.717, 1.165) is 18.6 Å². The van der Waals surface area contributed by atoms with Crippen molar-refractivity contribution in [3.63, 3.8) is 0 Å². The first-order valence-electron chi connectivity index (χ1n) is 6.72. The first-order valence-corrected chi connectivity index (χ1v) is 6.72. The van der Waals surface area contributed by atoms with E-state index in [1.807, 2.05) is 6.07 Å². The predicted octanol–water partition coefficient (Wildman–Crippen LogP) is 4.71. The van der Waals surface area contributed by atoms with Crippen LogP contribution >= 0.6 is 0 Å². The van der Waals surface area contributed by atoms with Crippen LogP contribution in [0.1, 0.15) is 38.2 Å². The number of rotatable bonds is 5. The van der Waals surface area contributed by atoms with Crippen LogP contribution in [0.3, 0.4) is 0 Å². The van der Waals surface area contributed by atoms with Crippen molar-refractivity contribution in [1.29, 1.82) is 0 Å². The zero-order valence-corrected chi connectivity index (χ0v) is 11.5. The van der Waals surface area contributed by atoms with E-state index in [0.29, 0.717) is 11.8 Å². The molecule has 1 nitrogen and oxygen atoms in total. The average Bonchev–Trinajstić information content (AvgIpc) is 2.89. The molecule has 0 saturated heterocycles. The fraction of sp³-hybridized carbons (Fsp3) is 0.412. The van der Waals surface area contributed by atoms with Crippen molar-refractivity contribution in [1.82, 2.24) is 0 Å². The van der Waals surface area contributed by atoms with Crippen LogP contribution in [0.25, 0.3) is 0 Å². The minimum Gasteiger partial charge on any atom is -0.496 e. The molecule has 1 aromatic carbocycles. The van der Waals surface area contributed by atoms with Gasteiger partial charge in [-0.25, -0.2) is 0 Å². The Bertz CT molecular complexity index is 454. The van der Waals surface area contributed by atoms with Crippen LogP contribution in [-0.2, 0) is 0 Å². The molecular formula is C17H22O. The van der Waals surface area contributed by atoms with Crippen molar-refractivity contribution >= 4 is 0 Å². The first kappa shape index (κ1) is 12.9. The Hall–Kier alpha value is -1.50. The molecule has 18 heavy (non-hydrogen) atoms. The molecule has 0 heterocycles. The Kier molecular flexibility index (Phi) is 4.24. The van der Waals surface area contributed by atoms with E-state index in [-0.39, 0.29) is 0 Å². The molecule has 1 atom stereocenters. The molecule has 1 unspecified atom stereocenters. The number of para-hydroxylation sites is 1. The highest BCUT2D eigenvalue weighted by Crippen LogP contribution is 2.38. The standard InChI is InChI=1S/C17H22O/c1-13(2)12-16(14-8-4-5-9-14)15-10-6-7-11-17(15)18-3/h4,6-11,13,16H,5,12H2,1-3H3. The number of methoxy groups -OCH3 is 1. The van der Waals surface area contributed by atoms with Crippen LogP contribution in [0.5, 0.6) is 5.75 Å². The molecule has 1 aliphatic carbocycles. The molecule has 0 spiro atoms. The van der Waals surface area contributed by atoms with E-state index in [1.54, 1.807) is 7.11 Å². The van der Waals surface area contributed by atoms with Crippen molar-refractivity contribution in [2.45, 2.75) is 32.6 Å². The summed E-state index contributed by atoms with van der Waals surface area (Å²) in [7, 11) is 1.75. The normalized spacial score (nSPS) is 15.9. The zero-order chi connectivity index (χ0) is 13.0. The van der Waals surface area contributed by atoms with Crippen LogP contribution < -0.4 is 4.74 Å². The highest BCUT2D eigenvalue weighted by atomic mass is 16.5. The van der Waals surface area contributed by atoms with Crippen LogP contribution in [0.15, 0.2) is 48.1 Å². The second kappa shape index (κ2) is 5.90. The topological polar surface area (TPSA) is 9.23 Å². The van der Waals surface area contributed by atoms with Gasteiger partial charge in [-0.15, -0.1) is 0 Å². The first-order chi connectivity index (χ1) is 8.72. The molecular weight excluding hydrogens is 220 g/mol. The maximum absolute atomic E-state index is 5.52. The summed E-state index contributed by atoms with van der Waals surface area (Å²) in [6.45, 7) is 4.56. The van der Waals surface area contributed by atoms with Gasteiger partial charge in [0.25, 0.3) is 0 Å². The van der Waals surface area contributed by atoms with E-state index >= 15 is 0 Å². The van der Waals surface area contributed by atoms with Gasteiger partial charge in [-0.3, -0.25) is 0 Å². The van der Waals surface area contributed by atoms with Gasteiger partial charge >= 0.3 is 0 Å². The van der Waals surface area contributed by atoms with E-state index in [4.69, 9.17) is 4.74 Å². The Morgan fingerprint density at radius 2 is 2.00 bits per heavy atom. The van der Waals surface area contributed by atoms with Gasteiger partial charge < -0.3 is 4.74 Å². The van der Waals surface area contributed by atoms with Gasteiger partial charge in [0, 0.05) is 11.5 Å². The van der Waals surface area contributed by atoms with Crippen molar-refractivity contribution in [2.24, 2.45) is 5.92 Å². The number of hydrogen-bond donors (Lipinski definition) is 0. The molecule has 0 bridgehead atoms. The van der Waals surface area contributed by atoms with Gasteiger partial charge in [0.2, 0.25) is 0 Å². The monoisotopic (exact) mass is 242 g/mol. The van der Waals surface area contributed by atoms with Crippen LogP contribution in [0.4, 0.5) is 0 Å². The lowest BCUT2D eigenvalue weighted by Gasteiger charge is -2.22. The van der Waals surface area contributed by atoms with Gasteiger partial charge in [0.15, 0.2) is 0 Å². The Morgan fingerprint density at radius 1 is 1.22 bits per heavy atom. The van der Waals surface area contributed by atoms with Gasteiger partial charge in [-0.1, -0.05) is 50.3 Å². The fourth-order valence-corrected chi connectivity index (χ4v) is 2.60. The maximum Gasteiger partial charge on any atom is 0.122 e. The molecule has 0 saturated carbocycles. The van der Waals surface area contributed by atoms with Gasteiger partial charge in [-0.05, 0) is 30.4 Å². The van der Waals surface area contributed by atoms with Crippen LogP contribution in [-0.4, -0.2) is 7.11 Å². The summed E-state index contributed by atoms with van der Waals surface area (Å²) in [5.74, 6) is 2.14. The molecule has 1 aliphatic rings. The summed E-state index contributed by atoms with van der Waals surface area (Å²) < 4.78 is 5.52. The molecule has 0 N–H and O–H groups in total. The molecule has 2 rings (SSSR count). The minimum atomic E-state index is 0.458. The lowest BCUT2D eigenvalue weighted by molar-refractivity contribution is 0.403. The summed E-state index contributed by atoms with van der Waals surface area (Å²) in [6, 6.07) is 8.39. The largest absolute Gasteiger partial charge is 0.496 e. The predicted molar refractivity (Wildman–Crippen MR) is 77.0 cm³/mol. The fourth-order valence-electron chi connectivity index (χ4n) is 2.60. The summed E-state index contributed by atoms with van der Waals surface area (Å²) in [4.78, 5) is 0. The summed E-state index contributed by atoms with van der Waals surface area (Å²) >= 11 is 0. The molecule has 1 aromatic rings. The number of ether oxygens (including phenoxy) is 1. The van der Waals surface area contributed by atoms with Crippen LogP contribution in [0.2, 0.25) is 0 Å². The third kappa shape index (κ3) is 2.84. The highest BCUT2D eigenvalue weighted by molar-refractivity contribution is 5.45. The minimum absolute atomic E-state index is 0.458. The molecule has 0 fully saturated rings. The Labute approximate surface area is 110 Å². The SMILES string of the molecule is COc1ccccc1C(CC(C)C)C1=CCC=C1. The molecule has 96 valence electrons. The van der Waals surface area contributed by atoms with E-state index in [2.05, 4.69) is 50.3 Å². The number of hydrogen-bond acceptors (Lipinski definition) is 1. The number of benzene rings is 1. The van der Waals surface area contributed by atoms with Crippen LogP contribution in [0, 0.1) is 5.92 Å².